The predicted molar refractivity (Wildman–Crippen MR) is 88.4 cm³/mol. The van der Waals surface area contributed by atoms with Crippen molar-refractivity contribution in [1.82, 2.24) is 14.5 Å². The van der Waals surface area contributed by atoms with Crippen molar-refractivity contribution < 1.29 is 0 Å². The lowest BCUT2D eigenvalue weighted by atomic mass is 10.3. The van der Waals surface area contributed by atoms with Gasteiger partial charge in [0.05, 0.1) is 5.39 Å². The van der Waals surface area contributed by atoms with Gasteiger partial charge in [-0.25, -0.2) is 0 Å². The van der Waals surface area contributed by atoms with Gasteiger partial charge in [0.25, 0.3) is 5.56 Å². The van der Waals surface area contributed by atoms with Crippen LogP contribution in [0.1, 0.15) is 25.6 Å². The zero-order chi connectivity index (χ0) is 14.7. The van der Waals surface area contributed by atoms with Crippen LogP contribution in [0.5, 0.6) is 0 Å². The number of fused-ring (bicyclic) bond motifs is 1. The number of hydrogen-bond acceptors (Lipinski definition) is 4. The van der Waals surface area contributed by atoms with E-state index in [0.29, 0.717) is 11.3 Å². The average Bonchev–Trinajstić information content (AvgIpc) is 2.86. The summed E-state index contributed by atoms with van der Waals surface area (Å²) in [4.78, 5) is 20.1. The van der Waals surface area contributed by atoms with Gasteiger partial charge in [0.1, 0.15) is 4.83 Å². The summed E-state index contributed by atoms with van der Waals surface area (Å²) in [6, 6.07) is 1.99. The molecule has 0 bridgehead atoms. The molecule has 20 heavy (non-hydrogen) atoms. The molecule has 0 spiro atoms. The van der Waals surface area contributed by atoms with Crippen LogP contribution in [0.4, 0.5) is 0 Å². The molecule has 0 saturated carbocycles. The maximum Gasteiger partial charge on any atom is 0.263 e. The molecule has 0 fully saturated rings. The van der Waals surface area contributed by atoms with Gasteiger partial charge in [-0.1, -0.05) is 20.8 Å². The Morgan fingerprint density at radius 2 is 2.05 bits per heavy atom. The molecule has 0 aromatic carbocycles. The third-order valence-corrected chi connectivity index (χ3v) is 5.12. The average molecular weight is 311 g/mol. The summed E-state index contributed by atoms with van der Waals surface area (Å²) in [6.07, 6.45) is 0.943. The second kappa shape index (κ2) is 6.65. The summed E-state index contributed by atoms with van der Waals surface area (Å²) in [6.45, 7) is 9.82. The molecule has 2 heterocycles. The lowest BCUT2D eigenvalue weighted by Gasteiger charge is -2.18. The monoisotopic (exact) mass is 311 g/mol. The van der Waals surface area contributed by atoms with E-state index < -0.39 is 0 Å². The minimum absolute atomic E-state index is 0.0341. The molecule has 0 aliphatic carbocycles. The van der Waals surface area contributed by atoms with Gasteiger partial charge >= 0.3 is 0 Å². The molecule has 110 valence electrons. The Bertz CT molecular complexity index is 694. The van der Waals surface area contributed by atoms with Crippen molar-refractivity contribution in [1.29, 1.82) is 0 Å². The van der Waals surface area contributed by atoms with Crippen LogP contribution < -0.4 is 5.56 Å². The van der Waals surface area contributed by atoms with Gasteiger partial charge in [0.15, 0.2) is 4.77 Å². The molecule has 0 radical (unpaired) electrons. The van der Waals surface area contributed by atoms with Gasteiger partial charge in [0, 0.05) is 18.0 Å². The van der Waals surface area contributed by atoms with Crippen LogP contribution in [0.15, 0.2) is 10.9 Å². The number of thiophene rings is 1. The fourth-order valence-electron chi connectivity index (χ4n) is 2.25. The van der Waals surface area contributed by atoms with Gasteiger partial charge in [-0.2, -0.15) is 0 Å². The van der Waals surface area contributed by atoms with Crippen LogP contribution >= 0.6 is 23.6 Å². The fourth-order valence-corrected chi connectivity index (χ4v) is 3.58. The lowest BCUT2D eigenvalue weighted by Crippen LogP contribution is -2.31. The molecule has 0 unspecified atom stereocenters. The number of nitrogens with one attached hydrogen (secondary N) is 1. The lowest BCUT2D eigenvalue weighted by molar-refractivity contribution is 0.288. The molecule has 0 aliphatic heterocycles. The smallest absolute Gasteiger partial charge is 0.263 e. The molecular weight excluding hydrogens is 290 g/mol. The van der Waals surface area contributed by atoms with Gasteiger partial charge < -0.3 is 9.88 Å². The first kappa shape index (κ1) is 15.4. The molecular formula is C14H21N3OS2. The van der Waals surface area contributed by atoms with Crippen molar-refractivity contribution in [3.8, 4) is 0 Å². The van der Waals surface area contributed by atoms with Gasteiger partial charge in [-0.15, -0.1) is 11.3 Å². The Kier molecular flexibility index (Phi) is 5.12. The molecule has 2 aromatic rings. The van der Waals surface area contributed by atoms with E-state index in [-0.39, 0.29) is 5.56 Å². The Morgan fingerprint density at radius 3 is 2.65 bits per heavy atom. The Hall–Kier alpha value is -0.980. The Labute approximate surface area is 128 Å². The molecule has 2 aromatic heterocycles. The maximum atomic E-state index is 12.5. The highest BCUT2D eigenvalue weighted by molar-refractivity contribution is 7.71. The largest absolute Gasteiger partial charge is 0.323 e. The summed E-state index contributed by atoms with van der Waals surface area (Å²) in [5, 5.41) is 0.764. The first-order valence-electron chi connectivity index (χ1n) is 7.08. The summed E-state index contributed by atoms with van der Waals surface area (Å²) < 4.78 is 2.21. The van der Waals surface area contributed by atoms with Crippen molar-refractivity contribution >= 4 is 33.8 Å². The number of aromatic nitrogens is 2. The van der Waals surface area contributed by atoms with Crippen LogP contribution in [0.3, 0.4) is 0 Å². The number of H-pyrrole nitrogens is 1. The van der Waals surface area contributed by atoms with Gasteiger partial charge in [-0.3, -0.25) is 9.36 Å². The fraction of sp³-hybridized carbons (Fsp3) is 0.571. The Balaban J connectivity index is 2.38. The minimum atomic E-state index is 0.0341. The molecule has 0 amide bonds. The van der Waals surface area contributed by atoms with Crippen molar-refractivity contribution in [3.63, 3.8) is 0 Å². The van der Waals surface area contributed by atoms with Crippen LogP contribution in [-0.4, -0.2) is 34.1 Å². The molecule has 0 aliphatic rings. The highest BCUT2D eigenvalue weighted by Gasteiger charge is 2.10. The van der Waals surface area contributed by atoms with Crippen LogP contribution in [0.25, 0.3) is 10.2 Å². The molecule has 4 nitrogen and oxygen atoms in total. The summed E-state index contributed by atoms with van der Waals surface area (Å²) in [5.41, 5.74) is 0.0341. The van der Waals surface area contributed by atoms with Gasteiger partial charge in [0.2, 0.25) is 0 Å². The summed E-state index contributed by atoms with van der Waals surface area (Å²) >= 11 is 6.95. The second-order valence-corrected chi connectivity index (χ2v) is 6.25. The van der Waals surface area contributed by atoms with E-state index in [1.54, 1.807) is 15.9 Å². The SMILES string of the molecule is CCc1cc2c(=O)n(CCN(CC)CC)c(=S)[nH]c2s1. The number of hydrogen-bond donors (Lipinski definition) is 1. The van der Waals surface area contributed by atoms with Crippen molar-refractivity contribution in [2.24, 2.45) is 0 Å². The zero-order valence-electron chi connectivity index (χ0n) is 12.2. The van der Waals surface area contributed by atoms with Crippen LogP contribution in [0, 0.1) is 4.77 Å². The van der Waals surface area contributed by atoms with E-state index >= 15 is 0 Å². The Morgan fingerprint density at radius 1 is 1.35 bits per heavy atom. The van der Waals surface area contributed by atoms with Crippen LogP contribution in [0.2, 0.25) is 0 Å². The molecule has 2 rings (SSSR count). The first-order chi connectivity index (χ1) is 9.60. The van der Waals surface area contributed by atoms with E-state index in [2.05, 4.69) is 30.7 Å². The molecule has 0 saturated heterocycles. The van der Waals surface area contributed by atoms with Crippen molar-refractivity contribution in [2.45, 2.75) is 33.7 Å². The summed E-state index contributed by atoms with van der Waals surface area (Å²) in [5.74, 6) is 0. The standard InChI is InChI=1S/C14H21N3OS2/c1-4-10-9-11-12(20-10)15-14(19)17(13(11)18)8-7-16(5-2)6-3/h9H,4-8H2,1-3H3,(H,15,19). The van der Waals surface area contributed by atoms with E-state index in [9.17, 15) is 4.79 Å². The van der Waals surface area contributed by atoms with E-state index in [4.69, 9.17) is 12.2 Å². The third-order valence-electron chi connectivity index (χ3n) is 3.61. The topological polar surface area (TPSA) is 41.0 Å². The third kappa shape index (κ3) is 3.02. The highest BCUT2D eigenvalue weighted by Crippen LogP contribution is 2.21. The number of aromatic amines is 1. The number of nitrogens with zero attached hydrogens (tertiary/aromatic N) is 2. The van der Waals surface area contributed by atoms with E-state index in [1.165, 1.54) is 4.88 Å². The first-order valence-corrected chi connectivity index (χ1v) is 8.31. The number of rotatable bonds is 6. The van der Waals surface area contributed by atoms with Gasteiger partial charge in [-0.05, 0) is 37.8 Å². The van der Waals surface area contributed by atoms with Crippen molar-refractivity contribution in [2.75, 3.05) is 19.6 Å². The number of aryl methyl sites for hydroxylation is 1. The summed E-state index contributed by atoms with van der Waals surface area (Å²) in [7, 11) is 0. The quantitative estimate of drug-likeness (QED) is 0.834. The maximum absolute atomic E-state index is 12.5. The highest BCUT2D eigenvalue weighted by atomic mass is 32.1. The minimum Gasteiger partial charge on any atom is -0.323 e. The number of likely N-dealkylation sites (N-methyl/N-ethyl adjacent to an activating group) is 1. The van der Waals surface area contributed by atoms with E-state index in [1.807, 2.05) is 6.07 Å². The van der Waals surface area contributed by atoms with Crippen molar-refractivity contribution in [3.05, 3.63) is 26.1 Å². The predicted octanol–water partition coefficient (Wildman–Crippen LogP) is 3.02. The van der Waals surface area contributed by atoms with E-state index in [0.717, 1.165) is 36.3 Å². The molecule has 0 atom stereocenters. The normalized spacial score (nSPS) is 11.6. The molecule has 1 N–H and O–H groups in total. The second-order valence-electron chi connectivity index (χ2n) is 4.72. The molecule has 6 heteroatoms. The zero-order valence-corrected chi connectivity index (χ0v) is 13.9. The van der Waals surface area contributed by atoms with Crippen LogP contribution in [-0.2, 0) is 13.0 Å².